The van der Waals surface area contributed by atoms with Crippen LogP contribution in [0.15, 0.2) is 77.7 Å². The van der Waals surface area contributed by atoms with E-state index in [0.29, 0.717) is 25.1 Å². The van der Waals surface area contributed by atoms with Crippen LogP contribution in [0.4, 0.5) is 5.69 Å². The fourth-order valence-corrected chi connectivity index (χ4v) is 6.02. The largest absolute Gasteiger partial charge is 0.355 e. The fraction of sp³-hybridized carbons (Fsp3) is 0.355. The smallest absolute Gasteiger partial charge is 0.264 e. The van der Waals surface area contributed by atoms with Crippen LogP contribution >= 0.6 is 0 Å². The second-order valence-electron chi connectivity index (χ2n) is 9.69. The molecule has 0 aromatic heterocycles. The Labute approximate surface area is 232 Å². The molecule has 0 spiro atoms. The summed E-state index contributed by atoms with van der Waals surface area (Å²) in [5.74, 6) is -0.679. The number of likely N-dealkylation sites (N-methyl/N-ethyl adjacent to an activating group) is 1. The minimum Gasteiger partial charge on any atom is -0.355 e. The minimum absolute atomic E-state index is 0.105. The monoisotopic (exact) mass is 549 g/mol. The van der Waals surface area contributed by atoms with Crippen molar-refractivity contribution in [1.29, 1.82) is 0 Å². The number of rotatable bonds is 12. The third-order valence-corrected chi connectivity index (χ3v) is 8.73. The topological polar surface area (TPSA) is 86.8 Å². The van der Waals surface area contributed by atoms with Gasteiger partial charge in [-0.15, -0.1) is 0 Å². The molecule has 7 nitrogen and oxygen atoms in total. The summed E-state index contributed by atoms with van der Waals surface area (Å²) in [5.41, 5.74) is 4.09. The van der Waals surface area contributed by atoms with Crippen LogP contribution in [0.25, 0.3) is 0 Å². The Bertz CT molecular complexity index is 1370. The predicted molar refractivity (Wildman–Crippen MR) is 156 cm³/mol. The van der Waals surface area contributed by atoms with E-state index in [2.05, 4.69) is 5.32 Å². The van der Waals surface area contributed by atoms with Crippen LogP contribution in [0.5, 0.6) is 0 Å². The average Bonchev–Trinajstić information content (AvgIpc) is 2.92. The van der Waals surface area contributed by atoms with E-state index in [1.54, 1.807) is 36.4 Å². The van der Waals surface area contributed by atoms with Crippen molar-refractivity contribution in [2.24, 2.45) is 0 Å². The first kappa shape index (κ1) is 29.9. The number of sulfonamides is 1. The maximum Gasteiger partial charge on any atom is 0.264 e. The number of nitrogens with zero attached hydrogens (tertiary/aromatic N) is 2. The summed E-state index contributed by atoms with van der Waals surface area (Å²) in [6.45, 7) is 9.63. The van der Waals surface area contributed by atoms with E-state index in [9.17, 15) is 18.0 Å². The lowest BCUT2D eigenvalue weighted by molar-refractivity contribution is -0.139. The van der Waals surface area contributed by atoms with E-state index in [-0.39, 0.29) is 17.3 Å². The van der Waals surface area contributed by atoms with Gasteiger partial charge in [-0.1, -0.05) is 67.1 Å². The molecule has 0 fully saturated rings. The molecule has 208 valence electrons. The molecule has 1 unspecified atom stereocenters. The third-order valence-electron chi connectivity index (χ3n) is 6.95. The van der Waals surface area contributed by atoms with Crippen LogP contribution in [0.1, 0.15) is 42.5 Å². The van der Waals surface area contributed by atoms with Gasteiger partial charge < -0.3 is 10.2 Å². The summed E-state index contributed by atoms with van der Waals surface area (Å²) < 4.78 is 29.2. The molecule has 39 heavy (non-hydrogen) atoms. The van der Waals surface area contributed by atoms with Gasteiger partial charge in [-0.3, -0.25) is 13.9 Å². The molecule has 8 heteroatoms. The molecule has 0 radical (unpaired) electrons. The highest BCUT2D eigenvalue weighted by Gasteiger charge is 2.34. The van der Waals surface area contributed by atoms with E-state index >= 15 is 0 Å². The summed E-state index contributed by atoms with van der Waals surface area (Å²) in [7, 11) is -4.08. The zero-order valence-corrected chi connectivity index (χ0v) is 24.3. The second kappa shape index (κ2) is 13.4. The average molecular weight is 550 g/mol. The van der Waals surface area contributed by atoms with Crippen LogP contribution in [0.3, 0.4) is 0 Å². The number of hydrogen-bond donors (Lipinski definition) is 1. The molecule has 3 aromatic rings. The minimum atomic E-state index is -4.08. The molecule has 3 rings (SSSR count). The van der Waals surface area contributed by atoms with Crippen LogP contribution < -0.4 is 9.62 Å². The van der Waals surface area contributed by atoms with Crippen molar-refractivity contribution < 1.29 is 18.0 Å². The van der Waals surface area contributed by atoms with Gasteiger partial charge in [-0.25, -0.2) is 8.42 Å². The molecule has 0 heterocycles. The van der Waals surface area contributed by atoms with Crippen molar-refractivity contribution in [2.45, 2.75) is 58.4 Å². The van der Waals surface area contributed by atoms with Gasteiger partial charge in [0.15, 0.2) is 0 Å². The van der Waals surface area contributed by atoms with E-state index in [4.69, 9.17) is 0 Å². The van der Waals surface area contributed by atoms with Crippen molar-refractivity contribution in [3.63, 3.8) is 0 Å². The molecule has 0 saturated heterocycles. The number of amides is 2. The summed E-state index contributed by atoms with van der Waals surface area (Å²) in [4.78, 5) is 28.7. The molecule has 1 N–H and O–H groups in total. The van der Waals surface area contributed by atoms with Crippen molar-refractivity contribution in [3.8, 4) is 0 Å². The highest BCUT2D eigenvalue weighted by Crippen LogP contribution is 2.29. The van der Waals surface area contributed by atoms with E-state index in [1.165, 1.54) is 9.21 Å². The number of benzene rings is 3. The first-order valence-electron chi connectivity index (χ1n) is 13.4. The van der Waals surface area contributed by atoms with Crippen LogP contribution in [-0.2, 0) is 26.0 Å². The Kier molecular flexibility index (Phi) is 10.3. The van der Waals surface area contributed by atoms with Crippen molar-refractivity contribution in [1.82, 2.24) is 10.2 Å². The van der Waals surface area contributed by atoms with Gasteiger partial charge in [0.25, 0.3) is 10.0 Å². The molecule has 3 aromatic carbocycles. The van der Waals surface area contributed by atoms with E-state index < -0.39 is 28.5 Å². The summed E-state index contributed by atoms with van der Waals surface area (Å²) in [6.07, 6.45) is 0.942. The number of nitrogens with one attached hydrogen (secondary N) is 1. The maximum atomic E-state index is 14.0. The number of hydrogen-bond acceptors (Lipinski definition) is 4. The second-order valence-corrected chi connectivity index (χ2v) is 11.5. The van der Waals surface area contributed by atoms with Crippen molar-refractivity contribution in [2.75, 3.05) is 23.9 Å². The zero-order chi connectivity index (χ0) is 28.6. The molecular weight excluding hydrogens is 510 g/mol. The van der Waals surface area contributed by atoms with Gasteiger partial charge in [-0.2, -0.15) is 0 Å². The van der Waals surface area contributed by atoms with Gasteiger partial charge >= 0.3 is 0 Å². The van der Waals surface area contributed by atoms with Crippen LogP contribution in [-0.4, -0.2) is 50.8 Å². The Morgan fingerprint density at radius 1 is 0.872 bits per heavy atom. The van der Waals surface area contributed by atoms with Crippen molar-refractivity contribution >= 4 is 27.5 Å². The summed E-state index contributed by atoms with van der Waals surface area (Å²) >= 11 is 0. The van der Waals surface area contributed by atoms with Gasteiger partial charge in [0.1, 0.15) is 12.6 Å². The van der Waals surface area contributed by atoms with E-state index in [0.717, 1.165) is 22.3 Å². The van der Waals surface area contributed by atoms with Gasteiger partial charge in [0, 0.05) is 13.1 Å². The predicted octanol–water partition coefficient (Wildman–Crippen LogP) is 4.79. The standard InChI is InChI=1S/C31H39N3O4S/c1-6-28(31(36)32-7-2)33(21-20-26-13-9-8-10-14-26)30(35)22-34(29-15-11-12-24(4)25(29)5)39(37,38)27-18-16-23(3)17-19-27/h8-19,28H,6-7,20-22H2,1-5H3,(H,32,36). The quantitative estimate of drug-likeness (QED) is 0.352. The van der Waals surface area contributed by atoms with Crippen molar-refractivity contribution in [3.05, 3.63) is 95.1 Å². The molecule has 0 aliphatic heterocycles. The Morgan fingerprint density at radius 3 is 2.15 bits per heavy atom. The summed E-state index contributed by atoms with van der Waals surface area (Å²) in [5, 5.41) is 2.83. The Hall–Kier alpha value is -3.65. The molecule has 0 aliphatic carbocycles. The summed E-state index contributed by atoms with van der Waals surface area (Å²) in [6, 6.07) is 21.0. The highest BCUT2D eigenvalue weighted by atomic mass is 32.2. The lowest BCUT2D eigenvalue weighted by atomic mass is 10.1. The normalized spacial score (nSPS) is 12.0. The van der Waals surface area contributed by atoms with Crippen LogP contribution in [0.2, 0.25) is 0 Å². The first-order valence-corrected chi connectivity index (χ1v) is 14.8. The fourth-order valence-electron chi connectivity index (χ4n) is 4.54. The molecular formula is C31H39N3O4S. The van der Waals surface area contributed by atoms with Crippen LogP contribution in [0, 0.1) is 20.8 Å². The maximum absolute atomic E-state index is 14.0. The first-order chi connectivity index (χ1) is 18.6. The molecule has 0 aliphatic rings. The van der Waals surface area contributed by atoms with E-state index in [1.807, 2.05) is 71.0 Å². The third kappa shape index (κ3) is 7.26. The number of aryl methyl sites for hydroxylation is 2. The Balaban J connectivity index is 2.05. The highest BCUT2D eigenvalue weighted by molar-refractivity contribution is 7.92. The molecule has 0 bridgehead atoms. The SMILES string of the molecule is CCNC(=O)C(CC)N(CCc1ccccc1)C(=O)CN(c1cccc(C)c1C)S(=O)(=O)c1ccc(C)cc1. The number of carbonyl (C=O) groups is 2. The Morgan fingerprint density at radius 2 is 1.54 bits per heavy atom. The lowest BCUT2D eigenvalue weighted by Gasteiger charge is -2.33. The van der Waals surface area contributed by atoms with Gasteiger partial charge in [0.2, 0.25) is 11.8 Å². The molecule has 1 atom stereocenters. The zero-order valence-electron chi connectivity index (χ0n) is 23.5. The number of carbonyl (C=O) groups excluding carboxylic acids is 2. The van der Waals surface area contributed by atoms with Gasteiger partial charge in [0.05, 0.1) is 10.6 Å². The van der Waals surface area contributed by atoms with Gasteiger partial charge in [-0.05, 0) is 75.4 Å². The molecule has 2 amide bonds. The lowest BCUT2D eigenvalue weighted by Crippen LogP contribution is -2.53. The number of anilines is 1. The molecule has 0 saturated carbocycles.